The lowest BCUT2D eigenvalue weighted by Crippen LogP contribution is -2.42. The number of nitrogens with zero attached hydrogens (tertiary/aromatic N) is 1. The third-order valence-corrected chi connectivity index (χ3v) is 4.42. The van der Waals surface area contributed by atoms with Crippen LogP contribution in [0.2, 0.25) is 5.02 Å². The molecule has 0 saturated heterocycles. The van der Waals surface area contributed by atoms with Gasteiger partial charge < -0.3 is 10.2 Å². The summed E-state index contributed by atoms with van der Waals surface area (Å²) in [7, 11) is 0. The second-order valence-electron chi connectivity index (χ2n) is 5.82. The van der Waals surface area contributed by atoms with Gasteiger partial charge in [0.15, 0.2) is 0 Å². The van der Waals surface area contributed by atoms with E-state index in [2.05, 4.69) is 23.2 Å². The number of carbonyl (C=O) groups is 1. The highest BCUT2D eigenvalue weighted by molar-refractivity contribution is 6.30. The molecule has 23 heavy (non-hydrogen) atoms. The number of benzene rings is 2. The fourth-order valence-corrected chi connectivity index (χ4v) is 3.11. The summed E-state index contributed by atoms with van der Waals surface area (Å²) < 4.78 is 13.7. The maximum Gasteiger partial charge on any atom is 0.243 e. The number of aryl methyl sites for hydroxylation is 1. The first-order valence-electron chi connectivity index (χ1n) is 7.64. The molecule has 0 aliphatic carbocycles. The number of rotatable bonds is 3. The fraction of sp³-hybridized carbons (Fsp3) is 0.278. The standard InChI is InChI=1S/C18H18ClFN2O/c1-12-6-7-13-4-2-3-5-17(13)22(12)11-18(23)21-16-10-14(19)8-9-15(16)20/h2-5,8-10,12H,6-7,11H2,1H3,(H,21,23)/t12-/m0/s1. The Bertz CT molecular complexity index is 735. The third kappa shape index (κ3) is 3.48. The molecule has 1 amide bonds. The van der Waals surface area contributed by atoms with Crippen LogP contribution < -0.4 is 10.2 Å². The molecule has 1 atom stereocenters. The Morgan fingerprint density at radius 3 is 2.96 bits per heavy atom. The molecule has 0 radical (unpaired) electrons. The third-order valence-electron chi connectivity index (χ3n) is 4.18. The smallest absolute Gasteiger partial charge is 0.243 e. The predicted octanol–water partition coefficient (Wildman–Crippen LogP) is 4.26. The highest BCUT2D eigenvalue weighted by atomic mass is 35.5. The minimum atomic E-state index is -0.491. The van der Waals surface area contributed by atoms with Crippen LogP contribution in [-0.4, -0.2) is 18.5 Å². The van der Waals surface area contributed by atoms with Crippen molar-refractivity contribution in [3.8, 4) is 0 Å². The number of para-hydroxylation sites is 1. The maximum atomic E-state index is 13.7. The van der Waals surface area contributed by atoms with Crippen LogP contribution in [0, 0.1) is 5.82 Å². The molecule has 0 spiro atoms. The molecule has 2 aromatic carbocycles. The molecule has 5 heteroatoms. The number of fused-ring (bicyclic) bond motifs is 1. The normalized spacial score (nSPS) is 16.8. The zero-order valence-electron chi connectivity index (χ0n) is 12.9. The Morgan fingerprint density at radius 2 is 2.13 bits per heavy atom. The van der Waals surface area contributed by atoms with E-state index in [-0.39, 0.29) is 24.2 Å². The summed E-state index contributed by atoms with van der Waals surface area (Å²) in [6, 6.07) is 12.5. The van der Waals surface area contributed by atoms with Gasteiger partial charge in [-0.05, 0) is 49.6 Å². The first kappa shape index (κ1) is 15.8. The molecule has 1 N–H and O–H groups in total. The van der Waals surface area contributed by atoms with Gasteiger partial charge in [0.2, 0.25) is 5.91 Å². The van der Waals surface area contributed by atoms with Gasteiger partial charge in [-0.3, -0.25) is 4.79 Å². The first-order valence-corrected chi connectivity index (χ1v) is 8.02. The summed E-state index contributed by atoms with van der Waals surface area (Å²) >= 11 is 5.85. The Kier molecular flexibility index (Phi) is 4.53. The largest absolute Gasteiger partial charge is 0.359 e. The predicted molar refractivity (Wildman–Crippen MR) is 91.6 cm³/mol. The number of carbonyl (C=O) groups excluding carboxylic acids is 1. The van der Waals surface area contributed by atoms with Crippen LogP contribution >= 0.6 is 11.6 Å². The molecule has 0 unspecified atom stereocenters. The molecule has 1 heterocycles. The lowest BCUT2D eigenvalue weighted by atomic mass is 9.96. The summed E-state index contributed by atoms with van der Waals surface area (Å²) in [6.07, 6.45) is 2.01. The molecule has 1 aliphatic heterocycles. The zero-order valence-corrected chi connectivity index (χ0v) is 13.6. The number of hydrogen-bond donors (Lipinski definition) is 1. The molecular weight excluding hydrogens is 315 g/mol. The molecule has 3 nitrogen and oxygen atoms in total. The van der Waals surface area contributed by atoms with Gasteiger partial charge in [0, 0.05) is 16.8 Å². The van der Waals surface area contributed by atoms with Crippen molar-refractivity contribution in [2.75, 3.05) is 16.8 Å². The number of anilines is 2. The summed E-state index contributed by atoms with van der Waals surface area (Å²) in [5.41, 5.74) is 2.43. The van der Waals surface area contributed by atoms with E-state index in [0.29, 0.717) is 5.02 Å². The molecule has 0 bridgehead atoms. The summed E-state index contributed by atoms with van der Waals surface area (Å²) in [5.74, 6) is -0.746. The van der Waals surface area contributed by atoms with E-state index in [0.717, 1.165) is 18.5 Å². The monoisotopic (exact) mass is 332 g/mol. The van der Waals surface area contributed by atoms with Crippen LogP contribution in [0.4, 0.5) is 15.8 Å². The minimum absolute atomic E-state index is 0.112. The van der Waals surface area contributed by atoms with E-state index in [1.165, 1.54) is 23.8 Å². The van der Waals surface area contributed by atoms with Crippen molar-refractivity contribution in [2.24, 2.45) is 0 Å². The first-order chi connectivity index (χ1) is 11.0. The minimum Gasteiger partial charge on any atom is -0.359 e. The molecule has 0 saturated carbocycles. The Hall–Kier alpha value is -2.07. The van der Waals surface area contributed by atoms with Gasteiger partial charge in [0.25, 0.3) is 0 Å². The SMILES string of the molecule is C[C@H]1CCc2ccccc2N1CC(=O)Nc1cc(Cl)ccc1F. The summed E-state index contributed by atoms with van der Waals surface area (Å²) in [4.78, 5) is 14.4. The second-order valence-corrected chi connectivity index (χ2v) is 6.25. The van der Waals surface area contributed by atoms with Crippen molar-refractivity contribution >= 4 is 28.9 Å². The highest BCUT2D eigenvalue weighted by Crippen LogP contribution is 2.30. The van der Waals surface area contributed by atoms with Crippen LogP contribution in [0.15, 0.2) is 42.5 Å². The van der Waals surface area contributed by atoms with Gasteiger partial charge >= 0.3 is 0 Å². The molecule has 0 aromatic heterocycles. The molecule has 120 valence electrons. The number of nitrogens with one attached hydrogen (secondary N) is 1. The van der Waals surface area contributed by atoms with E-state index in [4.69, 9.17) is 11.6 Å². The molecule has 2 aromatic rings. The Labute approximate surface area is 140 Å². The molecule has 1 aliphatic rings. The lowest BCUT2D eigenvalue weighted by Gasteiger charge is -2.36. The van der Waals surface area contributed by atoms with E-state index in [9.17, 15) is 9.18 Å². The van der Waals surface area contributed by atoms with Crippen LogP contribution in [0.3, 0.4) is 0 Å². The van der Waals surface area contributed by atoms with Crippen molar-refractivity contribution in [3.05, 3.63) is 58.9 Å². The van der Waals surface area contributed by atoms with Crippen LogP contribution in [0.25, 0.3) is 0 Å². The highest BCUT2D eigenvalue weighted by Gasteiger charge is 2.24. The van der Waals surface area contributed by atoms with Crippen molar-refractivity contribution in [1.82, 2.24) is 0 Å². The number of halogens is 2. The Balaban J connectivity index is 1.76. The quantitative estimate of drug-likeness (QED) is 0.911. The fourth-order valence-electron chi connectivity index (χ4n) is 2.94. The van der Waals surface area contributed by atoms with Crippen molar-refractivity contribution in [3.63, 3.8) is 0 Å². The van der Waals surface area contributed by atoms with E-state index < -0.39 is 5.82 Å². The summed E-state index contributed by atoms with van der Waals surface area (Å²) in [6.45, 7) is 2.29. The number of hydrogen-bond acceptors (Lipinski definition) is 2. The number of amides is 1. The lowest BCUT2D eigenvalue weighted by molar-refractivity contribution is -0.115. The van der Waals surface area contributed by atoms with Gasteiger partial charge in [-0.2, -0.15) is 0 Å². The van der Waals surface area contributed by atoms with Gasteiger partial charge in [-0.1, -0.05) is 29.8 Å². The average molecular weight is 333 g/mol. The van der Waals surface area contributed by atoms with Crippen LogP contribution in [-0.2, 0) is 11.2 Å². The van der Waals surface area contributed by atoms with Crippen LogP contribution in [0.5, 0.6) is 0 Å². The van der Waals surface area contributed by atoms with Crippen molar-refractivity contribution in [2.45, 2.75) is 25.8 Å². The van der Waals surface area contributed by atoms with E-state index >= 15 is 0 Å². The average Bonchev–Trinajstić information content (AvgIpc) is 2.54. The second kappa shape index (κ2) is 6.59. The molecular formula is C18H18ClFN2O. The topological polar surface area (TPSA) is 32.3 Å². The van der Waals surface area contributed by atoms with E-state index in [1.807, 2.05) is 18.2 Å². The molecule has 0 fully saturated rings. The van der Waals surface area contributed by atoms with Gasteiger partial charge in [0.1, 0.15) is 5.82 Å². The maximum absolute atomic E-state index is 13.7. The van der Waals surface area contributed by atoms with Crippen LogP contribution in [0.1, 0.15) is 18.9 Å². The van der Waals surface area contributed by atoms with Crippen molar-refractivity contribution < 1.29 is 9.18 Å². The van der Waals surface area contributed by atoms with Crippen molar-refractivity contribution in [1.29, 1.82) is 0 Å². The van der Waals surface area contributed by atoms with E-state index in [1.54, 1.807) is 0 Å². The molecule has 3 rings (SSSR count). The van der Waals surface area contributed by atoms with Gasteiger partial charge in [-0.25, -0.2) is 4.39 Å². The van der Waals surface area contributed by atoms with Gasteiger partial charge in [-0.15, -0.1) is 0 Å². The zero-order chi connectivity index (χ0) is 16.4. The van der Waals surface area contributed by atoms with Gasteiger partial charge in [0.05, 0.1) is 12.2 Å². The summed E-state index contributed by atoms with van der Waals surface area (Å²) in [5, 5.41) is 3.00. The Morgan fingerprint density at radius 1 is 1.35 bits per heavy atom.